The summed E-state index contributed by atoms with van der Waals surface area (Å²) in [6.07, 6.45) is 6.42. The van der Waals surface area contributed by atoms with Crippen LogP contribution in [0.3, 0.4) is 0 Å². The Hall–Kier alpha value is -3.38. The Balaban J connectivity index is 1.03. The summed E-state index contributed by atoms with van der Waals surface area (Å²) in [6.45, 7) is 3.56. The number of carbonyl (C=O) groups excluding carboxylic acids is 2. The molecule has 3 aromatic carbocycles. The molecule has 2 fully saturated rings. The quantitative estimate of drug-likeness (QED) is 0.396. The smallest absolute Gasteiger partial charge is 0.253 e. The van der Waals surface area contributed by atoms with Crippen LogP contribution in [0.25, 0.3) is 0 Å². The highest BCUT2D eigenvalue weighted by Gasteiger charge is 2.38. The van der Waals surface area contributed by atoms with Gasteiger partial charge in [0.2, 0.25) is 5.91 Å². The number of piperidine rings is 2. The lowest BCUT2D eigenvalue weighted by molar-refractivity contribution is -0.133. The lowest BCUT2D eigenvalue weighted by Gasteiger charge is -2.47. The maximum Gasteiger partial charge on any atom is 0.253 e. The average Bonchev–Trinajstić information content (AvgIpc) is 3.36. The van der Waals surface area contributed by atoms with Crippen LogP contribution in [0.4, 0.5) is 10.1 Å². The molecule has 2 saturated heterocycles. The maximum absolute atomic E-state index is 13.3. The first-order valence-corrected chi connectivity index (χ1v) is 14.7. The van der Waals surface area contributed by atoms with Gasteiger partial charge in [-0.15, -0.1) is 0 Å². The van der Waals surface area contributed by atoms with Gasteiger partial charge in [-0.2, -0.15) is 0 Å². The number of nitrogens with one attached hydrogen (secondary N) is 1. The highest BCUT2D eigenvalue weighted by Crippen LogP contribution is 2.42. The Morgan fingerprint density at radius 3 is 2.35 bits per heavy atom. The molecule has 2 aliphatic heterocycles. The van der Waals surface area contributed by atoms with Gasteiger partial charge < -0.3 is 15.1 Å². The van der Waals surface area contributed by atoms with E-state index in [0.717, 1.165) is 81.5 Å². The second-order valence-corrected chi connectivity index (χ2v) is 12.0. The molecule has 5 nitrogen and oxygen atoms in total. The molecule has 0 aromatic heterocycles. The molecule has 0 radical (unpaired) electrons. The summed E-state index contributed by atoms with van der Waals surface area (Å²) in [6, 6.07) is 20.1. The minimum absolute atomic E-state index is 0.0792. The first kappa shape index (κ1) is 26.8. The Labute approximate surface area is 240 Å². The number of amides is 2. The number of benzene rings is 3. The number of hydrogen-bond acceptors (Lipinski definition) is 3. The fourth-order valence-electron chi connectivity index (χ4n) is 6.70. The molecule has 2 heterocycles. The van der Waals surface area contributed by atoms with Gasteiger partial charge in [-0.3, -0.25) is 9.59 Å². The lowest BCUT2D eigenvalue weighted by Crippen LogP contribution is -2.48. The predicted molar refractivity (Wildman–Crippen MR) is 156 cm³/mol. The third-order valence-electron chi connectivity index (χ3n) is 9.26. The third kappa shape index (κ3) is 5.60. The molecule has 0 bridgehead atoms. The second-order valence-electron chi connectivity index (χ2n) is 11.6. The third-order valence-corrected chi connectivity index (χ3v) is 9.59. The Morgan fingerprint density at radius 2 is 1.62 bits per heavy atom. The number of fused-ring (bicyclic) bond motifs is 1. The van der Waals surface area contributed by atoms with Crippen LogP contribution in [-0.2, 0) is 17.6 Å². The van der Waals surface area contributed by atoms with E-state index in [1.807, 2.05) is 29.2 Å². The van der Waals surface area contributed by atoms with E-state index in [9.17, 15) is 14.0 Å². The first-order valence-electron chi connectivity index (χ1n) is 14.3. The van der Waals surface area contributed by atoms with Gasteiger partial charge in [0.15, 0.2) is 0 Å². The van der Waals surface area contributed by atoms with Crippen LogP contribution in [0.5, 0.6) is 0 Å². The van der Waals surface area contributed by atoms with Gasteiger partial charge >= 0.3 is 0 Å². The zero-order valence-corrected chi connectivity index (χ0v) is 23.4. The van der Waals surface area contributed by atoms with Crippen LogP contribution in [0.2, 0.25) is 5.02 Å². The number of aryl methyl sites for hydroxylation is 1. The molecular formula is C33H35ClFN3O2. The van der Waals surface area contributed by atoms with Gasteiger partial charge in [0, 0.05) is 31.9 Å². The molecule has 7 heteroatoms. The molecular weight excluding hydrogens is 525 g/mol. The number of halogens is 2. The van der Waals surface area contributed by atoms with E-state index in [1.165, 1.54) is 17.7 Å². The van der Waals surface area contributed by atoms with Crippen LogP contribution < -0.4 is 10.2 Å². The molecule has 0 saturated carbocycles. The minimum Gasteiger partial charge on any atom is -0.371 e. The summed E-state index contributed by atoms with van der Waals surface area (Å²) in [7, 11) is 0. The highest BCUT2D eigenvalue weighted by molar-refractivity contribution is 6.33. The van der Waals surface area contributed by atoms with Gasteiger partial charge in [-0.1, -0.05) is 41.9 Å². The number of carbonyl (C=O) groups is 2. The fraction of sp³-hybridized carbons (Fsp3) is 0.394. The van der Waals surface area contributed by atoms with Crippen molar-refractivity contribution in [2.75, 3.05) is 31.1 Å². The largest absolute Gasteiger partial charge is 0.371 e. The summed E-state index contributed by atoms with van der Waals surface area (Å²) in [5.41, 5.74) is 5.20. The van der Waals surface area contributed by atoms with Crippen molar-refractivity contribution in [2.24, 2.45) is 5.41 Å². The molecule has 1 unspecified atom stereocenters. The summed E-state index contributed by atoms with van der Waals surface area (Å²) < 4.78 is 13.3. The molecule has 1 spiro atoms. The highest BCUT2D eigenvalue weighted by atomic mass is 35.5. The van der Waals surface area contributed by atoms with Crippen LogP contribution in [0.15, 0.2) is 66.7 Å². The molecule has 1 N–H and O–H groups in total. The molecule has 1 atom stereocenters. The van der Waals surface area contributed by atoms with Crippen LogP contribution in [0.1, 0.15) is 65.2 Å². The zero-order valence-electron chi connectivity index (χ0n) is 22.7. The van der Waals surface area contributed by atoms with E-state index in [-0.39, 0.29) is 23.7 Å². The normalized spacial score (nSPS) is 19.9. The van der Waals surface area contributed by atoms with Crippen molar-refractivity contribution in [3.63, 3.8) is 0 Å². The first-order chi connectivity index (χ1) is 19.4. The van der Waals surface area contributed by atoms with Crippen LogP contribution in [-0.4, -0.2) is 42.9 Å². The van der Waals surface area contributed by atoms with Crippen molar-refractivity contribution in [2.45, 2.75) is 51.0 Å². The van der Waals surface area contributed by atoms with E-state index in [2.05, 4.69) is 28.4 Å². The topological polar surface area (TPSA) is 52.7 Å². The van der Waals surface area contributed by atoms with E-state index in [1.54, 1.807) is 12.1 Å². The van der Waals surface area contributed by atoms with Crippen LogP contribution in [0, 0.1) is 11.2 Å². The van der Waals surface area contributed by atoms with E-state index in [4.69, 9.17) is 11.6 Å². The Morgan fingerprint density at radius 1 is 0.925 bits per heavy atom. The molecule has 3 aromatic rings. The monoisotopic (exact) mass is 559 g/mol. The second kappa shape index (κ2) is 11.2. The predicted octanol–water partition coefficient (Wildman–Crippen LogP) is 6.35. The number of hydrogen-bond donors (Lipinski definition) is 1. The fourth-order valence-corrected chi connectivity index (χ4v) is 6.92. The van der Waals surface area contributed by atoms with E-state index < -0.39 is 0 Å². The van der Waals surface area contributed by atoms with Crippen molar-refractivity contribution in [1.82, 2.24) is 10.2 Å². The lowest BCUT2D eigenvalue weighted by atomic mass is 9.71. The number of rotatable bonds is 5. The Bertz CT molecular complexity index is 1390. The molecule has 1 aliphatic carbocycles. The molecule has 2 amide bonds. The maximum atomic E-state index is 13.3. The van der Waals surface area contributed by atoms with Gasteiger partial charge in [-0.05, 0) is 97.0 Å². The summed E-state index contributed by atoms with van der Waals surface area (Å²) in [5, 5.41) is 3.59. The molecule has 6 rings (SSSR count). The molecule has 40 heavy (non-hydrogen) atoms. The van der Waals surface area contributed by atoms with Crippen molar-refractivity contribution in [3.05, 3.63) is 99.8 Å². The van der Waals surface area contributed by atoms with Gasteiger partial charge in [-0.25, -0.2) is 4.39 Å². The van der Waals surface area contributed by atoms with Crippen LogP contribution >= 0.6 is 11.6 Å². The van der Waals surface area contributed by atoms with E-state index >= 15 is 0 Å². The van der Waals surface area contributed by atoms with Crippen molar-refractivity contribution < 1.29 is 14.0 Å². The van der Waals surface area contributed by atoms with Crippen molar-refractivity contribution in [1.29, 1.82) is 0 Å². The number of likely N-dealkylation sites (tertiary alicyclic amines) is 1. The minimum atomic E-state index is -0.200. The standard InChI is InChI=1S/C33H35ClFN3O2/c34-29-4-2-1-3-27(29)32(40)36-30-12-7-24-6-5-23(21-28(24)30)22-31(39)38-19-15-33(16-20-38)13-17-37(18-14-33)26-10-8-25(35)9-11-26/h1-6,8-11,21,30H,7,12-20,22H2,(H,36,40). The number of anilines is 1. The molecule has 208 valence electrons. The van der Waals surface area contributed by atoms with Gasteiger partial charge in [0.05, 0.1) is 23.0 Å². The molecule has 3 aliphatic rings. The van der Waals surface area contributed by atoms with Gasteiger partial charge in [0.25, 0.3) is 5.91 Å². The van der Waals surface area contributed by atoms with Crippen molar-refractivity contribution in [3.8, 4) is 0 Å². The van der Waals surface area contributed by atoms with Gasteiger partial charge in [0.1, 0.15) is 5.82 Å². The van der Waals surface area contributed by atoms with Crippen molar-refractivity contribution >= 4 is 29.1 Å². The number of nitrogens with zero attached hydrogens (tertiary/aromatic N) is 2. The average molecular weight is 560 g/mol. The summed E-state index contributed by atoms with van der Waals surface area (Å²) >= 11 is 6.23. The zero-order chi connectivity index (χ0) is 27.7. The summed E-state index contributed by atoms with van der Waals surface area (Å²) in [4.78, 5) is 30.5. The Kier molecular flexibility index (Phi) is 7.54. The summed E-state index contributed by atoms with van der Waals surface area (Å²) in [5.74, 6) is -0.196. The van der Waals surface area contributed by atoms with E-state index in [0.29, 0.717) is 22.4 Å². The SMILES string of the molecule is O=C(NC1CCc2ccc(CC(=O)N3CCC4(CC3)CCN(c3ccc(F)cc3)CC4)cc21)c1ccccc1Cl.